The highest BCUT2D eigenvalue weighted by Crippen LogP contribution is 2.30. The fraction of sp³-hybridized carbons (Fsp3) is 0.222. The van der Waals surface area contributed by atoms with Crippen LogP contribution in [0.5, 0.6) is 5.75 Å². The van der Waals surface area contributed by atoms with Gasteiger partial charge < -0.3 is 9.64 Å². The molecule has 2 heterocycles. The van der Waals surface area contributed by atoms with Crippen molar-refractivity contribution < 1.29 is 9.53 Å². The van der Waals surface area contributed by atoms with Crippen LogP contribution in [0.3, 0.4) is 0 Å². The Hall–Kier alpha value is -3.58. The molecule has 0 aliphatic carbocycles. The monoisotopic (exact) mass is 470 g/mol. The Morgan fingerprint density at radius 2 is 1.74 bits per heavy atom. The van der Waals surface area contributed by atoms with E-state index in [1.54, 1.807) is 0 Å². The first kappa shape index (κ1) is 22.2. The van der Waals surface area contributed by atoms with Crippen LogP contribution in [-0.4, -0.2) is 39.6 Å². The summed E-state index contributed by atoms with van der Waals surface area (Å²) >= 11 is 1.42. The van der Waals surface area contributed by atoms with Crippen LogP contribution in [0.15, 0.2) is 84.0 Å². The SMILES string of the molecule is CCOc1ccc(-n2c(Cc3ccccc3)nnc2SCC(=O)N2CCc3ccccc32)cc1. The number of thioether (sulfide) groups is 1. The van der Waals surface area contributed by atoms with Gasteiger partial charge in [0.2, 0.25) is 5.91 Å². The van der Waals surface area contributed by atoms with Gasteiger partial charge >= 0.3 is 0 Å². The second kappa shape index (κ2) is 10.1. The van der Waals surface area contributed by atoms with Gasteiger partial charge in [-0.05, 0) is 54.8 Å². The lowest BCUT2D eigenvalue weighted by Gasteiger charge is -2.17. The lowest BCUT2D eigenvalue weighted by atomic mass is 10.1. The molecule has 6 nitrogen and oxygen atoms in total. The summed E-state index contributed by atoms with van der Waals surface area (Å²) in [4.78, 5) is 15.0. The molecule has 0 N–H and O–H groups in total. The number of hydrogen-bond acceptors (Lipinski definition) is 5. The molecule has 1 amide bonds. The van der Waals surface area contributed by atoms with Crippen LogP contribution < -0.4 is 9.64 Å². The summed E-state index contributed by atoms with van der Waals surface area (Å²) < 4.78 is 7.64. The van der Waals surface area contributed by atoms with Crippen LogP contribution in [0, 0.1) is 0 Å². The van der Waals surface area contributed by atoms with Gasteiger partial charge in [0.1, 0.15) is 11.6 Å². The van der Waals surface area contributed by atoms with Crippen LogP contribution in [-0.2, 0) is 17.6 Å². The first-order valence-electron chi connectivity index (χ1n) is 11.5. The molecule has 0 fully saturated rings. The summed E-state index contributed by atoms with van der Waals surface area (Å²) in [5.74, 6) is 2.04. The molecule has 34 heavy (non-hydrogen) atoms. The summed E-state index contributed by atoms with van der Waals surface area (Å²) in [7, 11) is 0. The zero-order valence-corrected chi connectivity index (χ0v) is 19.9. The van der Waals surface area contributed by atoms with Gasteiger partial charge in [-0.25, -0.2) is 0 Å². The minimum Gasteiger partial charge on any atom is -0.494 e. The summed E-state index contributed by atoms with van der Waals surface area (Å²) in [5, 5.41) is 9.66. The number of fused-ring (bicyclic) bond motifs is 1. The third-order valence-electron chi connectivity index (χ3n) is 5.82. The number of para-hydroxylation sites is 1. The number of hydrogen-bond donors (Lipinski definition) is 0. The molecule has 1 aromatic heterocycles. The number of anilines is 1. The molecule has 0 saturated carbocycles. The molecule has 0 saturated heterocycles. The van der Waals surface area contributed by atoms with Crippen molar-refractivity contribution in [1.29, 1.82) is 0 Å². The van der Waals surface area contributed by atoms with E-state index < -0.39 is 0 Å². The molecular weight excluding hydrogens is 444 g/mol. The summed E-state index contributed by atoms with van der Waals surface area (Å²) in [6.45, 7) is 3.31. The third kappa shape index (κ3) is 4.70. The molecule has 172 valence electrons. The number of benzene rings is 3. The highest BCUT2D eigenvalue weighted by Gasteiger charge is 2.25. The number of carbonyl (C=O) groups excluding carboxylic acids is 1. The van der Waals surface area contributed by atoms with Crippen molar-refractivity contribution in [3.8, 4) is 11.4 Å². The Kier molecular flexibility index (Phi) is 6.62. The summed E-state index contributed by atoms with van der Waals surface area (Å²) in [5.41, 5.74) is 4.35. The first-order valence-corrected chi connectivity index (χ1v) is 12.4. The molecule has 3 aromatic carbocycles. The Labute approximate surface area is 203 Å². The van der Waals surface area contributed by atoms with Crippen molar-refractivity contribution in [2.24, 2.45) is 0 Å². The van der Waals surface area contributed by atoms with E-state index >= 15 is 0 Å². The largest absolute Gasteiger partial charge is 0.494 e. The fourth-order valence-corrected chi connectivity index (χ4v) is 5.05. The molecule has 1 aliphatic rings. The lowest BCUT2D eigenvalue weighted by Crippen LogP contribution is -2.30. The molecule has 7 heteroatoms. The second-order valence-electron chi connectivity index (χ2n) is 8.04. The lowest BCUT2D eigenvalue weighted by molar-refractivity contribution is -0.116. The first-order chi connectivity index (χ1) is 16.7. The Balaban J connectivity index is 1.39. The molecule has 5 rings (SSSR count). The Morgan fingerprint density at radius 1 is 0.971 bits per heavy atom. The maximum Gasteiger partial charge on any atom is 0.237 e. The Morgan fingerprint density at radius 3 is 2.53 bits per heavy atom. The highest BCUT2D eigenvalue weighted by atomic mass is 32.2. The number of aromatic nitrogens is 3. The number of ether oxygens (including phenoxy) is 1. The number of amides is 1. The molecule has 0 radical (unpaired) electrons. The van der Waals surface area contributed by atoms with E-state index in [4.69, 9.17) is 4.74 Å². The van der Waals surface area contributed by atoms with Gasteiger partial charge in [-0.15, -0.1) is 10.2 Å². The van der Waals surface area contributed by atoms with E-state index in [0.29, 0.717) is 23.9 Å². The van der Waals surface area contributed by atoms with Crippen molar-refractivity contribution in [2.45, 2.75) is 24.9 Å². The maximum absolute atomic E-state index is 13.1. The highest BCUT2D eigenvalue weighted by molar-refractivity contribution is 7.99. The second-order valence-corrected chi connectivity index (χ2v) is 8.98. The zero-order chi connectivity index (χ0) is 23.3. The van der Waals surface area contributed by atoms with Crippen molar-refractivity contribution in [3.05, 3.63) is 95.8 Å². The minimum absolute atomic E-state index is 0.0841. The number of rotatable bonds is 8. The van der Waals surface area contributed by atoms with E-state index in [-0.39, 0.29) is 5.91 Å². The third-order valence-corrected chi connectivity index (χ3v) is 6.74. The van der Waals surface area contributed by atoms with Gasteiger partial charge in [-0.2, -0.15) is 0 Å². The van der Waals surface area contributed by atoms with Crippen molar-refractivity contribution in [2.75, 3.05) is 23.8 Å². The molecule has 4 aromatic rings. The van der Waals surface area contributed by atoms with Crippen LogP contribution in [0.2, 0.25) is 0 Å². The van der Waals surface area contributed by atoms with E-state index in [0.717, 1.165) is 41.5 Å². The van der Waals surface area contributed by atoms with Crippen LogP contribution in [0.4, 0.5) is 5.69 Å². The molecule has 0 unspecified atom stereocenters. The molecule has 0 bridgehead atoms. The van der Waals surface area contributed by atoms with Gasteiger partial charge in [0.05, 0.1) is 12.4 Å². The quantitative estimate of drug-likeness (QED) is 0.342. The van der Waals surface area contributed by atoms with Gasteiger partial charge in [-0.1, -0.05) is 60.3 Å². The maximum atomic E-state index is 13.1. The molecular formula is C27H26N4O2S. The van der Waals surface area contributed by atoms with E-state index in [1.165, 1.54) is 17.3 Å². The van der Waals surface area contributed by atoms with Gasteiger partial charge in [-0.3, -0.25) is 9.36 Å². The van der Waals surface area contributed by atoms with E-state index in [1.807, 2.05) is 77.1 Å². The minimum atomic E-state index is 0.0841. The van der Waals surface area contributed by atoms with Gasteiger partial charge in [0, 0.05) is 24.3 Å². The predicted octanol–water partition coefficient (Wildman–Crippen LogP) is 4.94. The van der Waals surface area contributed by atoms with Crippen molar-refractivity contribution in [3.63, 3.8) is 0 Å². The molecule has 0 atom stereocenters. The average molecular weight is 471 g/mol. The van der Waals surface area contributed by atoms with E-state index in [2.05, 4.69) is 28.4 Å². The van der Waals surface area contributed by atoms with Crippen LogP contribution >= 0.6 is 11.8 Å². The fourth-order valence-electron chi connectivity index (χ4n) is 4.21. The Bertz CT molecular complexity index is 1270. The smallest absolute Gasteiger partial charge is 0.237 e. The van der Waals surface area contributed by atoms with Crippen molar-refractivity contribution >= 4 is 23.4 Å². The standard InChI is InChI=1S/C27H26N4O2S/c1-2-33-23-14-12-22(13-15-23)31-25(18-20-8-4-3-5-9-20)28-29-27(31)34-19-26(32)30-17-16-21-10-6-7-11-24(21)30/h3-15H,2,16-19H2,1H3. The van der Waals surface area contributed by atoms with Crippen molar-refractivity contribution in [1.82, 2.24) is 14.8 Å². The van der Waals surface area contributed by atoms with Gasteiger partial charge in [0.25, 0.3) is 0 Å². The topological polar surface area (TPSA) is 60.2 Å². The van der Waals surface area contributed by atoms with E-state index in [9.17, 15) is 4.79 Å². The predicted molar refractivity (Wildman–Crippen MR) is 135 cm³/mol. The summed E-state index contributed by atoms with van der Waals surface area (Å²) in [6, 6.07) is 26.2. The number of nitrogens with zero attached hydrogens (tertiary/aromatic N) is 4. The van der Waals surface area contributed by atoms with Crippen LogP contribution in [0.1, 0.15) is 23.9 Å². The number of carbonyl (C=O) groups is 1. The van der Waals surface area contributed by atoms with Gasteiger partial charge in [0.15, 0.2) is 5.16 Å². The summed E-state index contributed by atoms with van der Waals surface area (Å²) in [6.07, 6.45) is 1.55. The van der Waals surface area contributed by atoms with Crippen LogP contribution in [0.25, 0.3) is 5.69 Å². The molecule has 0 spiro atoms. The average Bonchev–Trinajstić information content (AvgIpc) is 3.48. The molecule has 1 aliphatic heterocycles. The zero-order valence-electron chi connectivity index (χ0n) is 19.1. The normalized spacial score (nSPS) is 12.6.